The molecular weight excluding hydrogens is 258 g/mol. The maximum absolute atomic E-state index is 11.2. The molecule has 20 heavy (non-hydrogen) atoms. The molecule has 0 aromatic carbocycles. The van der Waals surface area contributed by atoms with Crippen molar-refractivity contribution < 1.29 is 4.92 Å². The first-order valence-electron chi connectivity index (χ1n) is 7.30. The molecule has 0 spiro atoms. The Balaban J connectivity index is 1.91. The third kappa shape index (κ3) is 3.27. The number of nitrogens with one attached hydrogen (secondary N) is 1. The van der Waals surface area contributed by atoms with Gasteiger partial charge in [0.15, 0.2) is 0 Å². The summed E-state index contributed by atoms with van der Waals surface area (Å²) in [6, 6.07) is 0. The molecule has 0 amide bonds. The fourth-order valence-corrected chi connectivity index (χ4v) is 2.71. The predicted molar refractivity (Wildman–Crippen MR) is 78.0 cm³/mol. The van der Waals surface area contributed by atoms with E-state index in [1.807, 2.05) is 6.92 Å². The minimum absolute atomic E-state index is 0.121. The fourth-order valence-electron chi connectivity index (χ4n) is 2.71. The Morgan fingerprint density at radius 1 is 1.40 bits per heavy atom. The summed E-state index contributed by atoms with van der Waals surface area (Å²) < 4.78 is 1.58. The maximum atomic E-state index is 11.2. The van der Waals surface area contributed by atoms with E-state index >= 15 is 0 Å². The van der Waals surface area contributed by atoms with Crippen LogP contribution in [-0.4, -0.2) is 45.8 Å². The second kappa shape index (κ2) is 6.69. The van der Waals surface area contributed by atoms with Crippen LogP contribution in [0.1, 0.15) is 31.9 Å². The number of aromatic nitrogens is 2. The number of anilines is 1. The van der Waals surface area contributed by atoms with Crippen molar-refractivity contribution in [1.82, 2.24) is 14.7 Å². The first-order chi connectivity index (χ1) is 9.63. The number of nitrogens with zero attached hydrogens (tertiary/aromatic N) is 4. The fraction of sp³-hybridized carbons (Fsp3) is 0.769. The van der Waals surface area contributed by atoms with Crippen molar-refractivity contribution >= 4 is 11.5 Å². The van der Waals surface area contributed by atoms with Gasteiger partial charge in [0.05, 0.1) is 4.92 Å². The van der Waals surface area contributed by atoms with Crippen LogP contribution in [0.15, 0.2) is 0 Å². The highest BCUT2D eigenvalue weighted by atomic mass is 16.6. The molecule has 0 radical (unpaired) electrons. The summed E-state index contributed by atoms with van der Waals surface area (Å²) in [5.74, 6) is 0.522. The third-order valence-corrected chi connectivity index (χ3v) is 3.75. The Morgan fingerprint density at radius 2 is 2.10 bits per heavy atom. The Labute approximate surface area is 119 Å². The van der Waals surface area contributed by atoms with Crippen LogP contribution < -0.4 is 5.32 Å². The van der Waals surface area contributed by atoms with Crippen LogP contribution in [0.25, 0.3) is 0 Å². The first-order valence-corrected chi connectivity index (χ1v) is 7.30. The number of hydrogen-bond acceptors (Lipinski definition) is 5. The van der Waals surface area contributed by atoms with E-state index in [4.69, 9.17) is 0 Å². The highest BCUT2D eigenvalue weighted by molar-refractivity contribution is 5.59. The zero-order valence-corrected chi connectivity index (χ0v) is 12.3. The van der Waals surface area contributed by atoms with Gasteiger partial charge in [-0.3, -0.25) is 10.1 Å². The van der Waals surface area contributed by atoms with Crippen molar-refractivity contribution in [2.75, 3.05) is 31.5 Å². The molecule has 1 aliphatic rings. The van der Waals surface area contributed by atoms with Crippen molar-refractivity contribution in [3.8, 4) is 0 Å². The van der Waals surface area contributed by atoms with E-state index in [-0.39, 0.29) is 10.6 Å². The van der Waals surface area contributed by atoms with E-state index in [1.165, 1.54) is 25.9 Å². The molecule has 7 heteroatoms. The van der Waals surface area contributed by atoms with Gasteiger partial charge in [0.1, 0.15) is 5.69 Å². The molecule has 1 aromatic heterocycles. The molecule has 1 aromatic rings. The lowest BCUT2D eigenvalue weighted by molar-refractivity contribution is -0.384. The molecule has 1 aliphatic heterocycles. The van der Waals surface area contributed by atoms with Gasteiger partial charge in [-0.05, 0) is 45.3 Å². The van der Waals surface area contributed by atoms with Crippen LogP contribution in [-0.2, 0) is 13.5 Å². The van der Waals surface area contributed by atoms with Gasteiger partial charge < -0.3 is 10.2 Å². The number of aryl methyl sites for hydroxylation is 2. The lowest BCUT2D eigenvalue weighted by Crippen LogP contribution is -2.22. The van der Waals surface area contributed by atoms with E-state index in [2.05, 4.69) is 15.3 Å². The van der Waals surface area contributed by atoms with Crippen LogP contribution in [0.4, 0.5) is 11.5 Å². The summed E-state index contributed by atoms with van der Waals surface area (Å²) in [5.41, 5.74) is 0.663. The second-order valence-electron chi connectivity index (χ2n) is 5.21. The monoisotopic (exact) mass is 281 g/mol. The molecule has 0 unspecified atom stereocenters. The van der Waals surface area contributed by atoms with Gasteiger partial charge in [-0.25, -0.2) is 4.68 Å². The minimum atomic E-state index is -0.339. The number of rotatable bonds is 7. The first kappa shape index (κ1) is 14.8. The summed E-state index contributed by atoms with van der Waals surface area (Å²) >= 11 is 0. The number of hydrogen-bond donors (Lipinski definition) is 1. The zero-order chi connectivity index (χ0) is 14.5. The summed E-state index contributed by atoms with van der Waals surface area (Å²) in [7, 11) is 1.75. The molecule has 1 N–H and O–H groups in total. The maximum Gasteiger partial charge on any atom is 0.333 e. The van der Waals surface area contributed by atoms with Gasteiger partial charge in [-0.15, -0.1) is 0 Å². The second-order valence-corrected chi connectivity index (χ2v) is 5.21. The van der Waals surface area contributed by atoms with Gasteiger partial charge >= 0.3 is 5.69 Å². The molecule has 7 nitrogen and oxygen atoms in total. The van der Waals surface area contributed by atoms with E-state index in [1.54, 1.807) is 11.7 Å². The van der Waals surface area contributed by atoms with Crippen molar-refractivity contribution in [2.24, 2.45) is 7.05 Å². The standard InChI is InChI=1S/C13H23N5O2/c1-3-11-12(18(19)20)13(16(2)15-11)14-7-6-10-17-8-4-5-9-17/h14H,3-10H2,1-2H3. The quantitative estimate of drug-likeness (QED) is 0.468. The van der Waals surface area contributed by atoms with Gasteiger partial charge in [0.25, 0.3) is 0 Å². The van der Waals surface area contributed by atoms with Crippen LogP contribution in [0.3, 0.4) is 0 Å². The third-order valence-electron chi connectivity index (χ3n) is 3.75. The van der Waals surface area contributed by atoms with E-state index < -0.39 is 0 Å². The van der Waals surface area contributed by atoms with Crippen molar-refractivity contribution in [3.05, 3.63) is 15.8 Å². The molecule has 0 aliphatic carbocycles. The normalized spacial score (nSPS) is 15.7. The molecule has 0 saturated carbocycles. The largest absolute Gasteiger partial charge is 0.364 e. The van der Waals surface area contributed by atoms with Crippen molar-refractivity contribution in [1.29, 1.82) is 0 Å². The Kier molecular flexibility index (Phi) is 4.94. The Bertz CT molecular complexity index is 466. The molecule has 112 valence electrons. The smallest absolute Gasteiger partial charge is 0.333 e. The summed E-state index contributed by atoms with van der Waals surface area (Å²) in [5, 5.41) is 18.5. The van der Waals surface area contributed by atoms with Crippen LogP contribution >= 0.6 is 0 Å². The number of nitro groups is 1. The van der Waals surface area contributed by atoms with Crippen molar-refractivity contribution in [3.63, 3.8) is 0 Å². The number of likely N-dealkylation sites (tertiary alicyclic amines) is 1. The molecule has 0 bridgehead atoms. The lowest BCUT2D eigenvalue weighted by atomic mass is 10.3. The topological polar surface area (TPSA) is 76.2 Å². The highest BCUT2D eigenvalue weighted by Gasteiger charge is 2.25. The molecular formula is C13H23N5O2. The van der Waals surface area contributed by atoms with Gasteiger partial charge in [-0.1, -0.05) is 6.92 Å². The molecule has 0 atom stereocenters. The van der Waals surface area contributed by atoms with Crippen molar-refractivity contribution in [2.45, 2.75) is 32.6 Å². The highest BCUT2D eigenvalue weighted by Crippen LogP contribution is 2.28. The molecule has 2 heterocycles. The van der Waals surface area contributed by atoms with E-state index in [0.717, 1.165) is 19.5 Å². The summed E-state index contributed by atoms with van der Waals surface area (Å²) in [6.07, 6.45) is 4.14. The average Bonchev–Trinajstić information content (AvgIpc) is 3.02. The van der Waals surface area contributed by atoms with Gasteiger partial charge in [0.2, 0.25) is 5.82 Å². The van der Waals surface area contributed by atoms with Crippen LogP contribution in [0.2, 0.25) is 0 Å². The summed E-state index contributed by atoms with van der Waals surface area (Å²) in [4.78, 5) is 13.3. The Hall–Kier alpha value is -1.63. The Morgan fingerprint density at radius 3 is 2.70 bits per heavy atom. The molecule has 1 fully saturated rings. The van der Waals surface area contributed by atoms with Gasteiger partial charge in [0, 0.05) is 13.6 Å². The van der Waals surface area contributed by atoms with E-state index in [0.29, 0.717) is 17.9 Å². The van der Waals surface area contributed by atoms with Crippen LogP contribution in [0.5, 0.6) is 0 Å². The summed E-state index contributed by atoms with van der Waals surface area (Å²) in [6.45, 7) is 6.05. The SMILES string of the molecule is CCc1nn(C)c(NCCCN2CCCC2)c1[N+](=O)[O-]. The lowest BCUT2D eigenvalue weighted by Gasteiger charge is -2.14. The molecule has 2 rings (SSSR count). The van der Waals surface area contributed by atoms with Gasteiger partial charge in [-0.2, -0.15) is 5.10 Å². The molecule has 1 saturated heterocycles. The van der Waals surface area contributed by atoms with Crippen LogP contribution in [0, 0.1) is 10.1 Å². The minimum Gasteiger partial charge on any atom is -0.364 e. The average molecular weight is 281 g/mol. The zero-order valence-electron chi connectivity index (χ0n) is 12.3. The predicted octanol–water partition coefficient (Wildman–Crippen LogP) is 1.79. The van der Waals surface area contributed by atoms with E-state index in [9.17, 15) is 10.1 Å².